The number of hydrogen-bond donors (Lipinski definition) is 5. The number of nitrogens with two attached hydrogens (primary N) is 2. The lowest BCUT2D eigenvalue weighted by Crippen LogP contribution is -2.43. The van der Waals surface area contributed by atoms with Crippen LogP contribution >= 0.6 is 0 Å². The van der Waals surface area contributed by atoms with Crippen LogP contribution in [0.2, 0.25) is 0 Å². The van der Waals surface area contributed by atoms with E-state index in [2.05, 4.69) is 10.3 Å². The Kier molecular flexibility index (Phi) is 5.06. The summed E-state index contributed by atoms with van der Waals surface area (Å²) in [5, 5.41) is 9.68. The van der Waals surface area contributed by atoms with Gasteiger partial charge in [0.2, 0.25) is 11.5 Å². The summed E-state index contributed by atoms with van der Waals surface area (Å²) in [7, 11) is 0. The van der Waals surface area contributed by atoms with E-state index < -0.39 is 6.04 Å². The van der Waals surface area contributed by atoms with Crippen LogP contribution in [-0.4, -0.2) is 29.3 Å². The van der Waals surface area contributed by atoms with Crippen LogP contribution in [-0.2, 0) is 11.2 Å². The average Bonchev–Trinajstić information content (AvgIpc) is 2.30. The Morgan fingerprint density at radius 1 is 1.50 bits per heavy atom. The SMILES string of the molecule is N=C(N)C[C@@H](N)C(=O)NCCc1ccc(=O)[nH]c1. The van der Waals surface area contributed by atoms with Gasteiger partial charge in [0.25, 0.3) is 0 Å². The first-order valence-electron chi connectivity index (χ1n) is 5.53. The van der Waals surface area contributed by atoms with Gasteiger partial charge < -0.3 is 21.8 Å². The molecular weight excluding hydrogens is 234 g/mol. The molecule has 0 spiro atoms. The maximum Gasteiger partial charge on any atom is 0.247 e. The molecule has 0 saturated heterocycles. The molecule has 0 aliphatic carbocycles. The van der Waals surface area contributed by atoms with Crippen molar-refractivity contribution in [1.29, 1.82) is 5.41 Å². The lowest BCUT2D eigenvalue weighted by atomic mass is 10.2. The van der Waals surface area contributed by atoms with E-state index in [4.69, 9.17) is 16.9 Å². The lowest BCUT2D eigenvalue weighted by molar-refractivity contribution is -0.122. The second-order valence-corrected chi connectivity index (χ2v) is 3.94. The van der Waals surface area contributed by atoms with E-state index in [1.165, 1.54) is 6.07 Å². The van der Waals surface area contributed by atoms with Gasteiger partial charge in [-0.3, -0.25) is 15.0 Å². The second kappa shape index (κ2) is 6.55. The molecule has 7 heteroatoms. The number of nitrogens with one attached hydrogen (secondary N) is 3. The third-order valence-electron chi connectivity index (χ3n) is 2.34. The number of pyridine rings is 1. The molecule has 1 aromatic rings. The Morgan fingerprint density at radius 2 is 2.22 bits per heavy atom. The number of aromatic amines is 1. The van der Waals surface area contributed by atoms with Gasteiger partial charge in [-0.15, -0.1) is 0 Å². The first kappa shape index (κ1) is 13.9. The normalized spacial score (nSPS) is 11.8. The number of rotatable bonds is 6. The zero-order valence-corrected chi connectivity index (χ0v) is 9.90. The molecular formula is C11H17N5O2. The Morgan fingerprint density at radius 3 is 2.78 bits per heavy atom. The van der Waals surface area contributed by atoms with E-state index in [1.807, 2.05) is 0 Å². The van der Waals surface area contributed by atoms with Crippen molar-refractivity contribution in [3.63, 3.8) is 0 Å². The summed E-state index contributed by atoms with van der Waals surface area (Å²) in [6, 6.07) is 2.33. The van der Waals surface area contributed by atoms with Crippen LogP contribution in [0.1, 0.15) is 12.0 Å². The van der Waals surface area contributed by atoms with Gasteiger partial charge in [-0.25, -0.2) is 0 Å². The fourth-order valence-electron chi connectivity index (χ4n) is 1.39. The molecule has 1 amide bonds. The third-order valence-corrected chi connectivity index (χ3v) is 2.34. The highest BCUT2D eigenvalue weighted by molar-refractivity contribution is 5.88. The van der Waals surface area contributed by atoms with Crippen LogP contribution in [0.4, 0.5) is 0 Å². The Balaban J connectivity index is 2.33. The van der Waals surface area contributed by atoms with Crippen molar-refractivity contribution in [1.82, 2.24) is 10.3 Å². The molecule has 0 saturated carbocycles. The van der Waals surface area contributed by atoms with Gasteiger partial charge in [0.15, 0.2) is 0 Å². The summed E-state index contributed by atoms with van der Waals surface area (Å²) >= 11 is 0. The fraction of sp³-hybridized carbons (Fsp3) is 0.364. The van der Waals surface area contributed by atoms with Gasteiger partial charge in [-0.05, 0) is 12.0 Å². The smallest absolute Gasteiger partial charge is 0.247 e. The van der Waals surface area contributed by atoms with E-state index in [9.17, 15) is 9.59 Å². The van der Waals surface area contributed by atoms with Crippen LogP contribution in [0, 0.1) is 5.41 Å². The van der Waals surface area contributed by atoms with Gasteiger partial charge in [0, 0.05) is 25.2 Å². The minimum absolute atomic E-state index is 0.0461. The van der Waals surface area contributed by atoms with Gasteiger partial charge >= 0.3 is 0 Å². The number of carbonyl (C=O) groups is 1. The zero-order valence-electron chi connectivity index (χ0n) is 9.90. The molecule has 1 rings (SSSR count). The predicted octanol–water partition coefficient (Wildman–Crippen LogP) is -1.31. The van der Waals surface area contributed by atoms with Gasteiger partial charge in [-0.1, -0.05) is 6.07 Å². The van der Waals surface area contributed by atoms with E-state index in [-0.39, 0.29) is 23.7 Å². The maximum absolute atomic E-state index is 11.5. The molecule has 0 aliphatic heterocycles. The third kappa shape index (κ3) is 4.79. The summed E-state index contributed by atoms with van der Waals surface area (Å²) in [5.41, 5.74) is 11.4. The molecule has 1 aromatic heterocycles. The van der Waals surface area contributed by atoms with Gasteiger partial charge in [0.05, 0.1) is 11.9 Å². The van der Waals surface area contributed by atoms with E-state index in [0.29, 0.717) is 13.0 Å². The molecule has 7 nitrogen and oxygen atoms in total. The van der Waals surface area contributed by atoms with Crippen LogP contribution in [0.15, 0.2) is 23.1 Å². The van der Waals surface area contributed by atoms with Crippen molar-refractivity contribution < 1.29 is 4.79 Å². The monoisotopic (exact) mass is 251 g/mol. The summed E-state index contributed by atoms with van der Waals surface area (Å²) in [4.78, 5) is 24.8. The topological polar surface area (TPSA) is 138 Å². The molecule has 1 heterocycles. The number of carbonyl (C=O) groups excluding carboxylic acids is 1. The average molecular weight is 251 g/mol. The van der Waals surface area contributed by atoms with Crippen molar-refractivity contribution >= 4 is 11.7 Å². The second-order valence-electron chi connectivity index (χ2n) is 3.94. The summed E-state index contributed by atoms with van der Waals surface area (Å²) in [5.74, 6) is -0.451. The molecule has 0 aromatic carbocycles. The highest BCUT2D eigenvalue weighted by Gasteiger charge is 2.13. The van der Waals surface area contributed by atoms with Crippen molar-refractivity contribution in [2.45, 2.75) is 18.9 Å². The van der Waals surface area contributed by atoms with Gasteiger partial charge in [0.1, 0.15) is 0 Å². The quantitative estimate of drug-likeness (QED) is 0.316. The van der Waals surface area contributed by atoms with Crippen molar-refractivity contribution in [3.8, 4) is 0 Å². The number of amides is 1. The molecule has 1 atom stereocenters. The molecule has 0 fully saturated rings. The fourth-order valence-corrected chi connectivity index (χ4v) is 1.39. The highest BCUT2D eigenvalue weighted by Crippen LogP contribution is 1.94. The van der Waals surface area contributed by atoms with E-state index >= 15 is 0 Å². The molecule has 0 radical (unpaired) electrons. The van der Waals surface area contributed by atoms with Crippen molar-refractivity contribution in [3.05, 3.63) is 34.2 Å². The van der Waals surface area contributed by atoms with Crippen LogP contribution < -0.4 is 22.3 Å². The van der Waals surface area contributed by atoms with Crippen molar-refractivity contribution in [2.24, 2.45) is 11.5 Å². The molecule has 18 heavy (non-hydrogen) atoms. The Bertz CT molecular complexity index is 462. The molecule has 0 aliphatic rings. The first-order chi connectivity index (χ1) is 8.49. The molecule has 7 N–H and O–H groups in total. The van der Waals surface area contributed by atoms with Crippen LogP contribution in [0.3, 0.4) is 0 Å². The minimum Gasteiger partial charge on any atom is -0.388 e. The summed E-state index contributed by atoms with van der Waals surface area (Å²) < 4.78 is 0. The zero-order chi connectivity index (χ0) is 13.5. The number of aromatic nitrogens is 1. The summed E-state index contributed by atoms with van der Waals surface area (Å²) in [6.07, 6.45) is 2.24. The van der Waals surface area contributed by atoms with E-state index in [0.717, 1.165) is 5.56 Å². The standard InChI is InChI=1S/C11H17N5O2/c12-8(5-9(13)14)11(18)15-4-3-7-1-2-10(17)16-6-7/h1-2,6,8H,3-5,12H2,(H3,13,14)(H,15,18)(H,16,17)/t8-/m1/s1. The van der Waals surface area contributed by atoms with Crippen LogP contribution in [0.25, 0.3) is 0 Å². The van der Waals surface area contributed by atoms with Gasteiger partial charge in [-0.2, -0.15) is 0 Å². The van der Waals surface area contributed by atoms with Crippen molar-refractivity contribution in [2.75, 3.05) is 6.54 Å². The highest BCUT2D eigenvalue weighted by atomic mass is 16.2. The Labute approximate surface area is 104 Å². The predicted molar refractivity (Wildman–Crippen MR) is 68.3 cm³/mol. The van der Waals surface area contributed by atoms with Crippen LogP contribution in [0.5, 0.6) is 0 Å². The summed E-state index contributed by atoms with van der Waals surface area (Å²) in [6.45, 7) is 0.413. The first-order valence-corrected chi connectivity index (χ1v) is 5.53. The number of amidine groups is 1. The molecule has 0 bridgehead atoms. The minimum atomic E-state index is -0.793. The lowest BCUT2D eigenvalue weighted by Gasteiger charge is -2.11. The maximum atomic E-state index is 11.5. The van der Waals surface area contributed by atoms with E-state index in [1.54, 1.807) is 12.3 Å². The number of hydrogen-bond acceptors (Lipinski definition) is 4. The largest absolute Gasteiger partial charge is 0.388 e. The number of H-pyrrole nitrogens is 1. The molecule has 0 unspecified atom stereocenters. The Hall–Kier alpha value is -2.15. The molecule has 98 valence electrons.